The lowest BCUT2D eigenvalue weighted by molar-refractivity contribution is -0.00321. The zero-order valence-corrected chi connectivity index (χ0v) is 10.0. The molecule has 0 aromatic heterocycles. The van der Waals surface area contributed by atoms with Gasteiger partial charge in [0.15, 0.2) is 0 Å². The molecule has 1 saturated carbocycles. The van der Waals surface area contributed by atoms with Gasteiger partial charge in [0.2, 0.25) is 0 Å². The molecule has 1 amide bonds. The maximum Gasteiger partial charge on any atom is 0.410 e. The third kappa shape index (κ3) is 2.67. The van der Waals surface area contributed by atoms with Crippen LogP contribution in [0.3, 0.4) is 0 Å². The lowest BCUT2D eigenvalue weighted by atomic mass is 9.82. The fourth-order valence-electron chi connectivity index (χ4n) is 2.37. The summed E-state index contributed by atoms with van der Waals surface area (Å²) in [6.07, 6.45) is 4.11. The Balaban J connectivity index is 1.68. The van der Waals surface area contributed by atoms with Crippen molar-refractivity contribution in [1.82, 2.24) is 4.90 Å². The number of nitrogens with zero attached hydrogens (tertiary/aromatic N) is 1. The van der Waals surface area contributed by atoms with Crippen LogP contribution in [0, 0.1) is 11.8 Å². The minimum atomic E-state index is -0.118. The van der Waals surface area contributed by atoms with Crippen LogP contribution in [0.5, 0.6) is 0 Å². The maximum absolute atomic E-state index is 11.8. The minimum absolute atomic E-state index is 0.118. The lowest BCUT2D eigenvalue weighted by Gasteiger charge is -2.36. The third-order valence-electron chi connectivity index (χ3n) is 3.84. The number of hydrogen-bond acceptors (Lipinski definition) is 3. The van der Waals surface area contributed by atoms with Crippen molar-refractivity contribution in [1.29, 1.82) is 0 Å². The number of rotatable bonds is 2. The Kier molecular flexibility index (Phi) is 3.69. The molecule has 0 spiro atoms. The summed E-state index contributed by atoms with van der Waals surface area (Å²) in [7, 11) is 0. The van der Waals surface area contributed by atoms with Crippen LogP contribution in [-0.2, 0) is 4.74 Å². The standard InChI is InChI=1S/C12H22N2O2/c1-9-2-4-14(5-3-9)12(15)16-11-6-10(7-11)8-13/h9-11H,2-8,13H2,1H3. The summed E-state index contributed by atoms with van der Waals surface area (Å²) in [5.41, 5.74) is 5.53. The van der Waals surface area contributed by atoms with Gasteiger partial charge in [0, 0.05) is 13.1 Å². The number of hydrogen-bond donors (Lipinski definition) is 1. The summed E-state index contributed by atoms with van der Waals surface area (Å²) in [6.45, 7) is 4.66. The van der Waals surface area contributed by atoms with E-state index in [4.69, 9.17) is 10.5 Å². The number of carbonyl (C=O) groups is 1. The van der Waals surface area contributed by atoms with Crippen molar-refractivity contribution in [2.24, 2.45) is 17.6 Å². The van der Waals surface area contributed by atoms with Crippen LogP contribution in [0.2, 0.25) is 0 Å². The van der Waals surface area contributed by atoms with E-state index in [9.17, 15) is 4.79 Å². The second-order valence-corrected chi connectivity index (χ2v) is 5.25. The molecule has 92 valence electrons. The first-order valence-corrected chi connectivity index (χ1v) is 6.34. The molecule has 0 atom stereocenters. The summed E-state index contributed by atoms with van der Waals surface area (Å²) in [4.78, 5) is 13.6. The number of ether oxygens (including phenoxy) is 1. The Morgan fingerprint density at radius 2 is 2.00 bits per heavy atom. The number of carbonyl (C=O) groups excluding carboxylic acids is 1. The van der Waals surface area contributed by atoms with Crippen molar-refractivity contribution >= 4 is 6.09 Å². The van der Waals surface area contributed by atoms with Gasteiger partial charge in [0.05, 0.1) is 0 Å². The highest BCUT2D eigenvalue weighted by Crippen LogP contribution is 2.29. The highest BCUT2D eigenvalue weighted by molar-refractivity contribution is 5.68. The maximum atomic E-state index is 11.8. The van der Waals surface area contributed by atoms with E-state index in [2.05, 4.69) is 6.92 Å². The molecule has 0 bridgehead atoms. The van der Waals surface area contributed by atoms with E-state index in [1.54, 1.807) is 0 Å². The second kappa shape index (κ2) is 5.04. The van der Waals surface area contributed by atoms with E-state index in [0.717, 1.165) is 51.2 Å². The predicted molar refractivity (Wildman–Crippen MR) is 62.0 cm³/mol. The monoisotopic (exact) mass is 226 g/mol. The van der Waals surface area contributed by atoms with Gasteiger partial charge in [0.1, 0.15) is 6.10 Å². The van der Waals surface area contributed by atoms with Crippen LogP contribution in [0.25, 0.3) is 0 Å². The first kappa shape index (κ1) is 11.7. The molecule has 2 rings (SSSR count). The molecule has 1 heterocycles. The van der Waals surface area contributed by atoms with Crippen molar-refractivity contribution in [3.8, 4) is 0 Å². The largest absolute Gasteiger partial charge is 0.446 e. The van der Waals surface area contributed by atoms with Gasteiger partial charge in [-0.3, -0.25) is 0 Å². The van der Waals surface area contributed by atoms with Crippen molar-refractivity contribution < 1.29 is 9.53 Å². The number of amides is 1. The zero-order chi connectivity index (χ0) is 11.5. The van der Waals surface area contributed by atoms with Gasteiger partial charge >= 0.3 is 6.09 Å². The summed E-state index contributed by atoms with van der Waals surface area (Å²) in [5, 5.41) is 0. The average molecular weight is 226 g/mol. The summed E-state index contributed by atoms with van der Waals surface area (Å²) < 4.78 is 5.42. The molecule has 1 aliphatic heterocycles. The van der Waals surface area contributed by atoms with Gasteiger partial charge in [-0.1, -0.05) is 6.92 Å². The highest BCUT2D eigenvalue weighted by atomic mass is 16.6. The molecule has 2 aliphatic rings. The van der Waals surface area contributed by atoms with Gasteiger partial charge in [-0.05, 0) is 44.1 Å². The molecule has 1 aliphatic carbocycles. The Morgan fingerprint density at radius 1 is 1.38 bits per heavy atom. The molecule has 4 nitrogen and oxygen atoms in total. The normalized spacial score (nSPS) is 31.0. The molecular weight excluding hydrogens is 204 g/mol. The summed E-state index contributed by atoms with van der Waals surface area (Å²) in [5.74, 6) is 1.31. The smallest absolute Gasteiger partial charge is 0.410 e. The highest BCUT2D eigenvalue weighted by Gasteiger charge is 2.32. The third-order valence-corrected chi connectivity index (χ3v) is 3.84. The van der Waals surface area contributed by atoms with E-state index >= 15 is 0 Å². The molecule has 2 N–H and O–H groups in total. The first-order chi connectivity index (χ1) is 7.69. The van der Waals surface area contributed by atoms with Crippen LogP contribution in [0.4, 0.5) is 4.79 Å². The summed E-state index contributed by atoms with van der Waals surface area (Å²) >= 11 is 0. The number of nitrogens with two attached hydrogens (primary N) is 1. The Hall–Kier alpha value is -0.770. The molecule has 2 fully saturated rings. The van der Waals surface area contributed by atoms with Gasteiger partial charge < -0.3 is 15.4 Å². The van der Waals surface area contributed by atoms with Gasteiger partial charge in [-0.25, -0.2) is 4.79 Å². The summed E-state index contributed by atoms with van der Waals surface area (Å²) in [6, 6.07) is 0. The van der Waals surface area contributed by atoms with Crippen molar-refractivity contribution in [3.05, 3.63) is 0 Å². The van der Waals surface area contributed by atoms with Crippen LogP contribution in [-0.4, -0.2) is 36.7 Å². The quantitative estimate of drug-likeness (QED) is 0.778. The lowest BCUT2D eigenvalue weighted by Crippen LogP contribution is -2.43. The second-order valence-electron chi connectivity index (χ2n) is 5.25. The molecule has 0 aromatic rings. The zero-order valence-electron chi connectivity index (χ0n) is 10.0. The van der Waals surface area contributed by atoms with Gasteiger partial charge in [0.25, 0.3) is 0 Å². The first-order valence-electron chi connectivity index (χ1n) is 6.34. The Morgan fingerprint density at radius 3 is 2.56 bits per heavy atom. The topological polar surface area (TPSA) is 55.6 Å². The minimum Gasteiger partial charge on any atom is -0.446 e. The van der Waals surface area contributed by atoms with Crippen LogP contribution >= 0.6 is 0 Å². The SMILES string of the molecule is CC1CCN(C(=O)OC2CC(CN)C2)CC1. The molecule has 16 heavy (non-hydrogen) atoms. The average Bonchev–Trinajstić information content (AvgIpc) is 2.23. The Bertz CT molecular complexity index is 243. The number of piperidine rings is 1. The Labute approximate surface area is 97.1 Å². The fraction of sp³-hybridized carbons (Fsp3) is 0.917. The molecule has 4 heteroatoms. The predicted octanol–water partition coefficient (Wildman–Crippen LogP) is 1.59. The van der Waals surface area contributed by atoms with Gasteiger partial charge in [-0.2, -0.15) is 0 Å². The van der Waals surface area contributed by atoms with Crippen LogP contribution in [0.15, 0.2) is 0 Å². The molecule has 0 radical (unpaired) electrons. The van der Waals surface area contributed by atoms with E-state index in [0.29, 0.717) is 5.92 Å². The number of likely N-dealkylation sites (tertiary alicyclic amines) is 1. The van der Waals surface area contributed by atoms with Crippen molar-refractivity contribution in [2.75, 3.05) is 19.6 Å². The van der Waals surface area contributed by atoms with Crippen molar-refractivity contribution in [2.45, 2.75) is 38.7 Å². The van der Waals surface area contributed by atoms with E-state index in [1.807, 2.05) is 4.90 Å². The van der Waals surface area contributed by atoms with Crippen LogP contribution < -0.4 is 5.73 Å². The van der Waals surface area contributed by atoms with Crippen LogP contribution in [0.1, 0.15) is 32.6 Å². The molecule has 0 unspecified atom stereocenters. The van der Waals surface area contributed by atoms with E-state index in [-0.39, 0.29) is 12.2 Å². The van der Waals surface area contributed by atoms with Gasteiger partial charge in [-0.15, -0.1) is 0 Å². The molecule has 0 aromatic carbocycles. The van der Waals surface area contributed by atoms with E-state index in [1.165, 1.54) is 0 Å². The van der Waals surface area contributed by atoms with E-state index < -0.39 is 0 Å². The molecule has 1 saturated heterocycles. The molecular formula is C12H22N2O2. The fourth-order valence-corrected chi connectivity index (χ4v) is 2.37. The van der Waals surface area contributed by atoms with Crippen molar-refractivity contribution in [3.63, 3.8) is 0 Å².